The molecular weight excluding hydrogens is 242 g/mol. The molecule has 1 aromatic rings. The number of hydrogen-bond donors (Lipinski definition) is 2. The van der Waals surface area contributed by atoms with Crippen molar-refractivity contribution in [2.24, 2.45) is 5.41 Å². The molecule has 2 rings (SSSR count). The second kappa shape index (κ2) is 5.11. The molecule has 0 aliphatic carbocycles. The van der Waals surface area contributed by atoms with Gasteiger partial charge in [0.2, 0.25) is 0 Å². The molecule has 1 aliphatic heterocycles. The summed E-state index contributed by atoms with van der Waals surface area (Å²) in [6, 6.07) is 4.05. The van der Waals surface area contributed by atoms with Crippen LogP contribution in [0.2, 0.25) is 0 Å². The fraction of sp³-hybridized carbons (Fsp3) is 0.533. The van der Waals surface area contributed by atoms with Crippen molar-refractivity contribution in [3.05, 3.63) is 23.8 Å². The second-order valence-corrected chi connectivity index (χ2v) is 5.66. The smallest absolute Gasteiger partial charge is 0.257 e. The maximum atomic E-state index is 12.3. The van der Waals surface area contributed by atoms with Crippen LogP contribution in [-0.4, -0.2) is 34.1 Å². The molecule has 1 heterocycles. The molecule has 2 N–H and O–H groups in total. The van der Waals surface area contributed by atoms with Gasteiger partial charge in [0.05, 0.1) is 5.56 Å². The first-order chi connectivity index (χ1) is 8.95. The van der Waals surface area contributed by atoms with Crippen LogP contribution in [0.15, 0.2) is 18.2 Å². The quantitative estimate of drug-likeness (QED) is 0.806. The van der Waals surface area contributed by atoms with Gasteiger partial charge in [-0.05, 0) is 36.5 Å². The number of rotatable bonds is 2. The maximum absolute atomic E-state index is 12.3. The molecule has 0 atom stereocenters. The third-order valence-electron chi connectivity index (χ3n) is 4.32. The van der Waals surface area contributed by atoms with E-state index >= 15 is 0 Å². The van der Waals surface area contributed by atoms with Crippen molar-refractivity contribution in [3.63, 3.8) is 0 Å². The standard InChI is InChI=1S/C15H21NO3/c1-3-15(2)6-8-16(9-7-15)14(19)12-10-11(17)4-5-13(12)18/h4-5,10,17-18H,3,6-9H2,1-2H3. The summed E-state index contributed by atoms with van der Waals surface area (Å²) in [6.45, 7) is 5.84. The Morgan fingerprint density at radius 3 is 2.53 bits per heavy atom. The number of piperidine rings is 1. The molecule has 0 bridgehead atoms. The summed E-state index contributed by atoms with van der Waals surface area (Å²) in [5, 5.41) is 19.2. The lowest BCUT2D eigenvalue weighted by Crippen LogP contribution is -2.41. The molecule has 4 heteroatoms. The van der Waals surface area contributed by atoms with Crippen molar-refractivity contribution in [1.29, 1.82) is 0 Å². The van der Waals surface area contributed by atoms with E-state index in [0.29, 0.717) is 18.5 Å². The number of phenolic OH excluding ortho intramolecular Hbond substituents is 2. The van der Waals surface area contributed by atoms with Crippen molar-refractivity contribution in [1.82, 2.24) is 4.90 Å². The van der Waals surface area contributed by atoms with E-state index in [1.807, 2.05) is 0 Å². The molecule has 4 nitrogen and oxygen atoms in total. The normalized spacial score (nSPS) is 18.3. The fourth-order valence-electron chi connectivity index (χ4n) is 2.47. The highest BCUT2D eigenvalue weighted by Gasteiger charge is 2.31. The van der Waals surface area contributed by atoms with Gasteiger partial charge in [-0.25, -0.2) is 0 Å². The lowest BCUT2D eigenvalue weighted by Gasteiger charge is -2.39. The SMILES string of the molecule is CCC1(C)CCN(C(=O)c2cc(O)ccc2O)CC1. The van der Waals surface area contributed by atoms with Crippen molar-refractivity contribution in [3.8, 4) is 11.5 Å². The third kappa shape index (κ3) is 2.83. The number of aromatic hydroxyl groups is 2. The molecule has 0 radical (unpaired) electrons. The van der Waals surface area contributed by atoms with E-state index in [-0.39, 0.29) is 23.0 Å². The Morgan fingerprint density at radius 1 is 1.32 bits per heavy atom. The Morgan fingerprint density at radius 2 is 1.95 bits per heavy atom. The Balaban J connectivity index is 2.11. The van der Waals surface area contributed by atoms with Gasteiger partial charge in [0, 0.05) is 13.1 Å². The molecule has 0 saturated carbocycles. The zero-order valence-corrected chi connectivity index (χ0v) is 11.5. The zero-order chi connectivity index (χ0) is 14.0. The zero-order valence-electron chi connectivity index (χ0n) is 11.5. The fourth-order valence-corrected chi connectivity index (χ4v) is 2.47. The van der Waals surface area contributed by atoms with Crippen LogP contribution in [0.1, 0.15) is 43.5 Å². The van der Waals surface area contributed by atoms with Crippen molar-refractivity contribution >= 4 is 5.91 Å². The number of carbonyl (C=O) groups is 1. The van der Waals surface area contributed by atoms with Crippen LogP contribution in [-0.2, 0) is 0 Å². The van der Waals surface area contributed by atoms with Gasteiger partial charge in [0.1, 0.15) is 11.5 Å². The first-order valence-electron chi connectivity index (χ1n) is 6.76. The summed E-state index contributed by atoms with van der Waals surface area (Å²) in [7, 11) is 0. The van der Waals surface area contributed by atoms with Crippen molar-refractivity contribution < 1.29 is 15.0 Å². The van der Waals surface area contributed by atoms with Crippen molar-refractivity contribution in [2.45, 2.75) is 33.1 Å². The van der Waals surface area contributed by atoms with Crippen LogP contribution < -0.4 is 0 Å². The van der Waals surface area contributed by atoms with E-state index in [0.717, 1.165) is 19.3 Å². The maximum Gasteiger partial charge on any atom is 0.257 e. The van der Waals surface area contributed by atoms with Crippen LogP contribution in [0, 0.1) is 5.41 Å². The van der Waals surface area contributed by atoms with Crippen LogP contribution in [0.3, 0.4) is 0 Å². The summed E-state index contributed by atoms with van der Waals surface area (Å²) in [5.41, 5.74) is 0.498. The lowest BCUT2D eigenvalue weighted by molar-refractivity contribution is 0.0597. The second-order valence-electron chi connectivity index (χ2n) is 5.66. The largest absolute Gasteiger partial charge is 0.508 e. The van der Waals surface area contributed by atoms with Gasteiger partial charge >= 0.3 is 0 Å². The average molecular weight is 263 g/mol. The number of benzene rings is 1. The van der Waals surface area contributed by atoms with Gasteiger partial charge in [-0.1, -0.05) is 20.3 Å². The summed E-state index contributed by atoms with van der Waals surface area (Å²) >= 11 is 0. The van der Waals surface area contributed by atoms with E-state index in [1.165, 1.54) is 18.2 Å². The average Bonchev–Trinajstić information content (AvgIpc) is 2.42. The highest BCUT2D eigenvalue weighted by atomic mass is 16.3. The van der Waals surface area contributed by atoms with E-state index in [2.05, 4.69) is 13.8 Å². The molecule has 1 aromatic carbocycles. The highest BCUT2D eigenvalue weighted by molar-refractivity contribution is 5.97. The Bertz CT molecular complexity index is 476. The number of amides is 1. The molecule has 0 aromatic heterocycles. The summed E-state index contributed by atoms with van der Waals surface area (Å²) in [6.07, 6.45) is 3.08. The number of phenols is 2. The van der Waals surface area contributed by atoms with E-state index in [1.54, 1.807) is 4.90 Å². The van der Waals surface area contributed by atoms with Crippen LogP contribution >= 0.6 is 0 Å². The van der Waals surface area contributed by atoms with E-state index < -0.39 is 0 Å². The molecule has 1 aliphatic rings. The van der Waals surface area contributed by atoms with Crippen LogP contribution in [0.5, 0.6) is 11.5 Å². The molecule has 1 saturated heterocycles. The Kier molecular flexibility index (Phi) is 3.69. The number of hydrogen-bond acceptors (Lipinski definition) is 3. The topological polar surface area (TPSA) is 60.8 Å². The van der Waals surface area contributed by atoms with Gasteiger partial charge in [0.25, 0.3) is 5.91 Å². The van der Waals surface area contributed by atoms with Gasteiger partial charge in [-0.15, -0.1) is 0 Å². The number of likely N-dealkylation sites (tertiary alicyclic amines) is 1. The molecule has 0 spiro atoms. The summed E-state index contributed by atoms with van der Waals surface area (Å²) in [5.74, 6) is -0.283. The van der Waals surface area contributed by atoms with Gasteiger partial charge in [-0.2, -0.15) is 0 Å². The number of carbonyl (C=O) groups excluding carboxylic acids is 1. The minimum atomic E-state index is -0.202. The molecular formula is C15H21NO3. The Hall–Kier alpha value is -1.71. The minimum Gasteiger partial charge on any atom is -0.508 e. The van der Waals surface area contributed by atoms with Crippen LogP contribution in [0.4, 0.5) is 0 Å². The lowest BCUT2D eigenvalue weighted by atomic mass is 9.78. The summed E-state index contributed by atoms with van der Waals surface area (Å²) < 4.78 is 0. The first-order valence-corrected chi connectivity index (χ1v) is 6.76. The van der Waals surface area contributed by atoms with Gasteiger partial charge < -0.3 is 15.1 Å². The van der Waals surface area contributed by atoms with Crippen molar-refractivity contribution in [2.75, 3.05) is 13.1 Å². The van der Waals surface area contributed by atoms with E-state index in [4.69, 9.17) is 0 Å². The number of nitrogens with zero attached hydrogens (tertiary/aromatic N) is 1. The molecule has 0 unspecified atom stereocenters. The Labute approximate surface area is 113 Å². The monoisotopic (exact) mass is 263 g/mol. The van der Waals surface area contributed by atoms with E-state index in [9.17, 15) is 15.0 Å². The molecule has 1 amide bonds. The molecule has 19 heavy (non-hydrogen) atoms. The minimum absolute atomic E-state index is 0.00319. The van der Waals surface area contributed by atoms with Gasteiger partial charge in [-0.3, -0.25) is 4.79 Å². The first kappa shape index (κ1) is 13.7. The highest BCUT2D eigenvalue weighted by Crippen LogP contribution is 2.35. The molecule has 104 valence electrons. The molecule has 1 fully saturated rings. The summed E-state index contributed by atoms with van der Waals surface area (Å²) in [4.78, 5) is 14.1. The van der Waals surface area contributed by atoms with Crippen LogP contribution in [0.25, 0.3) is 0 Å². The van der Waals surface area contributed by atoms with Gasteiger partial charge in [0.15, 0.2) is 0 Å². The third-order valence-corrected chi connectivity index (χ3v) is 4.32. The predicted molar refractivity (Wildman–Crippen MR) is 73.3 cm³/mol. The predicted octanol–water partition coefficient (Wildman–Crippen LogP) is 2.75.